The molecule has 0 aromatic rings. The van der Waals surface area contributed by atoms with Crippen molar-refractivity contribution in [3.63, 3.8) is 0 Å². The van der Waals surface area contributed by atoms with E-state index in [4.69, 9.17) is 4.74 Å². The second-order valence-corrected chi connectivity index (χ2v) is 5.64. The van der Waals surface area contributed by atoms with Gasteiger partial charge in [0.15, 0.2) is 0 Å². The summed E-state index contributed by atoms with van der Waals surface area (Å²) in [6.07, 6.45) is 26.5. The second-order valence-electron chi connectivity index (χ2n) is 5.64. The molecular weight excluding hydrogens is 272 g/mol. The third-order valence-corrected chi connectivity index (χ3v) is 3.58. The van der Waals surface area contributed by atoms with E-state index in [2.05, 4.69) is 37.3 Å². The lowest BCUT2D eigenvalue weighted by atomic mass is 10.1. The molecule has 2 nitrogen and oxygen atoms in total. The summed E-state index contributed by atoms with van der Waals surface area (Å²) in [5.41, 5.74) is 0. The van der Waals surface area contributed by atoms with E-state index in [1.54, 1.807) is 0 Å². The predicted molar refractivity (Wildman–Crippen MR) is 93.7 cm³/mol. The van der Waals surface area contributed by atoms with Gasteiger partial charge in [0.25, 0.3) is 0 Å². The van der Waals surface area contributed by atoms with Gasteiger partial charge in [0, 0.05) is 6.42 Å². The van der Waals surface area contributed by atoms with Crippen LogP contribution in [0.1, 0.15) is 64.7 Å². The number of allylic oxidation sites excluding steroid dienone is 7. The molecule has 0 aliphatic carbocycles. The fourth-order valence-electron chi connectivity index (χ4n) is 2.29. The predicted octanol–water partition coefficient (Wildman–Crippen LogP) is 5.67. The molecule has 1 aliphatic rings. The average molecular weight is 302 g/mol. The molecule has 2 heteroatoms. The summed E-state index contributed by atoms with van der Waals surface area (Å²) in [7, 11) is 0. The molecule has 0 saturated carbocycles. The molecule has 1 rings (SSSR count). The van der Waals surface area contributed by atoms with Crippen LogP contribution in [0, 0.1) is 0 Å². The van der Waals surface area contributed by atoms with Crippen LogP contribution < -0.4 is 0 Å². The smallest absolute Gasteiger partial charge is 0.306 e. The summed E-state index contributed by atoms with van der Waals surface area (Å²) >= 11 is 0. The van der Waals surface area contributed by atoms with Crippen molar-refractivity contribution >= 4 is 5.97 Å². The summed E-state index contributed by atoms with van der Waals surface area (Å²) in [6, 6.07) is 0. The maximum absolute atomic E-state index is 11.1. The van der Waals surface area contributed by atoms with E-state index in [0.717, 1.165) is 25.7 Å². The van der Waals surface area contributed by atoms with E-state index < -0.39 is 0 Å². The zero-order chi connectivity index (χ0) is 15.9. The van der Waals surface area contributed by atoms with Crippen LogP contribution in [0.15, 0.2) is 48.6 Å². The maximum atomic E-state index is 11.1. The third-order valence-electron chi connectivity index (χ3n) is 3.58. The van der Waals surface area contributed by atoms with E-state index in [1.807, 2.05) is 18.2 Å². The lowest BCUT2D eigenvalue weighted by molar-refractivity contribution is -0.150. The summed E-state index contributed by atoms with van der Waals surface area (Å²) < 4.78 is 5.21. The molecule has 0 radical (unpaired) electrons. The Balaban J connectivity index is 2.03. The van der Waals surface area contributed by atoms with Crippen molar-refractivity contribution < 1.29 is 9.53 Å². The lowest BCUT2D eigenvalue weighted by Gasteiger charge is -2.18. The highest BCUT2D eigenvalue weighted by Crippen LogP contribution is 2.14. The molecule has 1 saturated heterocycles. The van der Waals surface area contributed by atoms with Crippen molar-refractivity contribution in [2.75, 3.05) is 0 Å². The Morgan fingerprint density at radius 2 is 1.82 bits per heavy atom. The first kappa shape index (κ1) is 18.5. The molecule has 1 unspecified atom stereocenters. The minimum Gasteiger partial charge on any atom is -0.458 e. The molecule has 0 aromatic carbocycles. The van der Waals surface area contributed by atoms with Crippen molar-refractivity contribution in [1.82, 2.24) is 0 Å². The van der Waals surface area contributed by atoms with E-state index in [-0.39, 0.29) is 12.1 Å². The largest absolute Gasteiger partial charge is 0.458 e. The Labute approximate surface area is 135 Å². The average Bonchev–Trinajstić information content (AvgIpc) is 2.52. The van der Waals surface area contributed by atoms with E-state index in [9.17, 15) is 4.79 Å². The molecule has 22 heavy (non-hydrogen) atoms. The van der Waals surface area contributed by atoms with Crippen molar-refractivity contribution in [3.8, 4) is 0 Å². The van der Waals surface area contributed by atoms with Gasteiger partial charge >= 0.3 is 5.97 Å². The zero-order valence-corrected chi connectivity index (χ0v) is 13.9. The molecule has 0 aromatic heterocycles. The maximum Gasteiger partial charge on any atom is 0.306 e. The number of hydrogen-bond acceptors (Lipinski definition) is 2. The van der Waals surface area contributed by atoms with Crippen molar-refractivity contribution in [2.45, 2.75) is 70.8 Å². The van der Waals surface area contributed by atoms with E-state index >= 15 is 0 Å². The first-order chi connectivity index (χ1) is 10.8. The molecule has 1 fully saturated rings. The number of esters is 1. The zero-order valence-electron chi connectivity index (χ0n) is 13.9. The molecular formula is C20H30O2. The Kier molecular flexibility index (Phi) is 11.0. The number of unbranched alkanes of at least 4 members (excludes halogenated alkanes) is 3. The van der Waals surface area contributed by atoms with Gasteiger partial charge in [-0.2, -0.15) is 0 Å². The molecule has 0 N–H and O–H groups in total. The number of hydrogen-bond donors (Lipinski definition) is 0. The van der Waals surface area contributed by atoms with Gasteiger partial charge in [-0.25, -0.2) is 0 Å². The monoisotopic (exact) mass is 302 g/mol. The van der Waals surface area contributed by atoms with Crippen LogP contribution in [-0.2, 0) is 9.53 Å². The van der Waals surface area contributed by atoms with Gasteiger partial charge in [-0.15, -0.1) is 0 Å². The second kappa shape index (κ2) is 13.1. The summed E-state index contributed by atoms with van der Waals surface area (Å²) in [6.45, 7) is 2.23. The van der Waals surface area contributed by atoms with Crippen molar-refractivity contribution in [3.05, 3.63) is 48.6 Å². The quantitative estimate of drug-likeness (QED) is 0.225. The lowest BCUT2D eigenvalue weighted by Crippen LogP contribution is -2.21. The van der Waals surface area contributed by atoms with E-state index in [0.29, 0.717) is 6.42 Å². The Hall–Kier alpha value is -1.57. The fourth-order valence-corrected chi connectivity index (χ4v) is 2.29. The number of rotatable bonds is 10. The molecule has 122 valence electrons. The number of cyclic esters (lactones) is 1. The summed E-state index contributed by atoms with van der Waals surface area (Å²) in [4.78, 5) is 11.1. The SMILES string of the molecule is CCCCC/C=C\C/C=C\C/C=C\C=C/C1CCCC(=O)O1. The van der Waals surface area contributed by atoms with Crippen LogP contribution >= 0.6 is 0 Å². The van der Waals surface area contributed by atoms with Gasteiger partial charge in [0.2, 0.25) is 0 Å². The van der Waals surface area contributed by atoms with Crippen molar-refractivity contribution in [2.24, 2.45) is 0 Å². The minimum atomic E-state index is -0.0736. The van der Waals surface area contributed by atoms with Crippen molar-refractivity contribution in [1.29, 1.82) is 0 Å². The molecule has 0 spiro atoms. The highest BCUT2D eigenvalue weighted by molar-refractivity contribution is 5.70. The Morgan fingerprint density at radius 3 is 2.59 bits per heavy atom. The van der Waals surface area contributed by atoms with Crippen LogP contribution in [0.25, 0.3) is 0 Å². The highest BCUT2D eigenvalue weighted by atomic mass is 16.5. The summed E-state index contributed by atoms with van der Waals surface area (Å²) in [5.74, 6) is -0.0736. The third kappa shape index (κ3) is 10.2. The molecule has 0 bridgehead atoms. The fraction of sp³-hybridized carbons (Fsp3) is 0.550. The molecule has 1 aliphatic heterocycles. The van der Waals surface area contributed by atoms with E-state index in [1.165, 1.54) is 25.7 Å². The summed E-state index contributed by atoms with van der Waals surface area (Å²) in [5, 5.41) is 0. The van der Waals surface area contributed by atoms with Gasteiger partial charge in [-0.05, 0) is 44.6 Å². The standard InChI is InChI=1S/C20H30O2/c1-2-3-4-5-6-7-8-9-10-11-12-13-14-16-19-17-15-18-20(21)22-19/h6-7,9-10,12-14,16,19H,2-5,8,11,15,17-18H2,1H3/b7-6-,10-9-,13-12-,16-14-. The van der Waals surface area contributed by atoms with Gasteiger partial charge in [-0.1, -0.05) is 62.3 Å². The van der Waals surface area contributed by atoms with Crippen LogP contribution in [-0.4, -0.2) is 12.1 Å². The van der Waals surface area contributed by atoms with Gasteiger partial charge < -0.3 is 4.74 Å². The Morgan fingerprint density at radius 1 is 1.05 bits per heavy atom. The number of carbonyl (C=O) groups excluding carboxylic acids is 1. The number of carbonyl (C=O) groups is 1. The number of ether oxygens (including phenoxy) is 1. The van der Waals surface area contributed by atoms with Gasteiger partial charge in [0.05, 0.1) is 0 Å². The normalized spacial score (nSPS) is 19.9. The van der Waals surface area contributed by atoms with Crippen LogP contribution in [0.5, 0.6) is 0 Å². The first-order valence-electron chi connectivity index (χ1n) is 8.65. The topological polar surface area (TPSA) is 26.3 Å². The molecule has 1 heterocycles. The van der Waals surface area contributed by atoms with Crippen LogP contribution in [0.2, 0.25) is 0 Å². The van der Waals surface area contributed by atoms with Gasteiger partial charge in [-0.3, -0.25) is 4.79 Å². The van der Waals surface area contributed by atoms with Crippen LogP contribution in [0.4, 0.5) is 0 Å². The van der Waals surface area contributed by atoms with Gasteiger partial charge in [0.1, 0.15) is 6.10 Å². The first-order valence-corrected chi connectivity index (χ1v) is 8.65. The minimum absolute atomic E-state index is 0.0284. The highest BCUT2D eigenvalue weighted by Gasteiger charge is 2.16. The van der Waals surface area contributed by atoms with Crippen LogP contribution in [0.3, 0.4) is 0 Å². The molecule has 1 atom stereocenters. The Bertz CT molecular complexity index is 402. The molecule has 0 amide bonds.